The minimum atomic E-state index is 0.504. The third kappa shape index (κ3) is 1.65. The first-order chi connectivity index (χ1) is 9.33. The first-order valence-electron chi connectivity index (χ1n) is 6.70. The summed E-state index contributed by atoms with van der Waals surface area (Å²) in [4.78, 5) is 10.8. The van der Waals surface area contributed by atoms with Crippen LogP contribution in [-0.2, 0) is 11.2 Å². The normalized spacial score (nSPS) is 22.1. The van der Waals surface area contributed by atoms with Gasteiger partial charge in [-0.2, -0.15) is 0 Å². The Kier molecular flexibility index (Phi) is 2.35. The SMILES string of the molecule is Nc1ncnc2cc3c(cc12)N(C1CCOC1)CC3. The molecule has 0 radical (unpaired) electrons. The molecule has 1 unspecified atom stereocenters. The van der Waals surface area contributed by atoms with Crippen LogP contribution in [0.4, 0.5) is 11.5 Å². The molecule has 1 aromatic heterocycles. The number of benzene rings is 1. The quantitative estimate of drug-likeness (QED) is 0.834. The zero-order chi connectivity index (χ0) is 12.8. The van der Waals surface area contributed by atoms with E-state index in [1.165, 1.54) is 17.6 Å². The number of hydrogen-bond acceptors (Lipinski definition) is 5. The molecule has 4 rings (SSSR count). The van der Waals surface area contributed by atoms with Crippen molar-refractivity contribution < 1.29 is 4.74 Å². The van der Waals surface area contributed by atoms with Gasteiger partial charge in [-0.3, -0.25) is 0 Å². The molecule has 2 N–H and O–H groups in total. The summed E-state index contributed by atoms with van der Waals surface area (Å²) in [6, 6.07) is 4.80. The molecule has 98 valence electrons. The van der Waals surface area contributed by atoms with Crippen LogP contribution in [-0.4, -0.2) is 35.8 Å². The number of fused-ring (bicyclic) bond motifs is 2. The van der Waals surface area contributed by atoms with Crippen molar-refractivity contribution in [2.75, 3.05) is 30.4 Å². The second-order valence-electron chi connectivity index (χ2n) is 5.22. The summed E-state index contributed by atoms with van der Waals surface area (Å²) in [7, 11) is 0. The maximum absolute atomic E-state index is 5.95. The van der Waals surface area contributed by atoms with Crippen LogP contribution < -0.4 is 10.6 Å². The fourth-order valence-electron chi connectivity index (χ4n) is 3.13. The monoisotopic (exact) mass is 256 g/mol. The minimum Gasteiger partial charge on any atom is -0.383 e. The Morgan fingerprint density at radius 3 is 3.11 bits per heavy atom. The highest BCUT2D eigenvalue weighted by molar-refractivity contribution is 5.92. The summed E-state index contributed by atoms with van der Waals surface area (Å²) < 4.78 is 5.50. The largest absolute Gasteiger partial charge is 0.383 e. The summed E-state index contributed by atoms with van der Waals surface area (Å²) in [5, 5.41) is 0.951. The molecule has 3 heterocycles. The number of ether oxygens (including phenoxy) is 1. The van der Waals surface area contributed by atoms with Crippen molar-refractivity contribution >= 4 is 22.4 Å². The van der Waals surface area contributed by atoms with Crippen molar-refractivity contribution in [3.63, 3.8) is 0 Å². The van der Waals surface area contributed by atoms with Gasteiger partial charge in [0.15, 0.2) is 0 Å². The lowest BCUT2D eigenvalue weighted by Crippen LogP contribution is -2.33. The van der Waals surface area contributed by atoms with Gasteiger partial charge in [0.05, 0.1) is 18.2 Å². The highest BCUT2D eigenvalue weighted by Gasteiger charge is 2.29. The van der Waals surface area contributed by atoms with Gasteiger partial charge < -0.3 is 15.4 Å². The van der Waals surface area contributed by atoms with Gasteiger partial charge in [0.25, 0.3) is 0 Å². The number of hydrogen-bond donors (Lipinski definition) is 1. The lowest BCUT2D eigenvalue weighted by Gasteiger charge is -2.25. The fraction of sp³-hybridized carbons (Fsp3) is 0.429. The predicted molar refractivity (Wildman–Crippen MR) is 74.2 cm³/mol. The first kappa shape index (κ1) is 11.0. The molecule has 1 aromatic carbocycles. The Hall–Kier alpha value is -1.88. The molecule has 19 heavy (non-hydrogen) atoms. The number of anilines is 2. The second-order valence-corrected chi connectivity index (χ2v) is 5.22. The van der Waals surface area contributed by atoms with Gasteiger partial charge >= 0.3 is 0 Å². The maximum Gasteiger partial charge on any atom is 0.134 e. The maximum atomic E-state index is 5.95. The van der Waals surface area contributed by atoms with Crippen molar-refractivity contribution in [2.45, 2.75) is 18.9 Å². The topological polar surface area (TPSA) is 64.3 Å². The average Bonchev–Trinajstić information content (AvgIpc) is 3.05. The van der Waals surface area contributed by atoms with Crippen molar-refractivity contribution in [3.8, 4) is 0 Å². The van der Waals surface area contributed by atoms with E-state index >= 15 is 0 Å². The molecule has 1 fully saturated rings. The van der Waals surface area contributed by atoms with E-state index in [0.29, 0.717) is 11.9 Å². The van der Waals surface area contributed by atoms with E-state index < -0.39 is 0 Å². The molecule has 5 nitrogen and oxygen atoms in total. The number of nitrogens with zero attached hydrogens (tertiary/aromatic N) is 3. The second kappa shape index (κ2) is 4.06. The van der Waals surface area contributed by atoms with Gasteiger partial charge in [0, 0.05) is 24.2 Å². The van der Waals surface area contributed by atoms with Crippen LogP contribution in [0.15, 0.2) is 18.5 Å². The molecule has 0 amide bonds. The Morgan fingerprint density at radius 2 is 2.26 bits per heavy atom. The van der Waals surface area contributed by atoms with E-state index in [9.17, 15) is 0 Å². The minimum absolute atomic E-state index is 0.504. The zero-order valence-electron chi connectivity index (χ0n) is 10.7. The smallest absolute Gasteiger partial charge is 0.134 e. The fourth-order valence-corrected chi connectivity index (χ4v) is 3.13. The number of rotatable bonds is 1. The lowest BCUT2D eigenvalue weighted by atomic mass is 10.1. The van der Waals surface area contributed by atoms with Crippen LogP contribution in [0.5, 0.6) is 0 Å². The molecule has 2 aromatic rings. The highest BCUT2D eigenvalue weighted by Crippen LogP contribution is 2.35. The molecule has 2 aliphatic heterocycles. The van der Waals surface area contributed by atoms with Gasteiger partial charge in [0.1, 0.15) is 12.1 Å². The van der Waals surface area contributed by atoms with Crippen molar-refractivity contribution in [1.29, 1.82) is 0 Å². The molecule has 1 saturated heterocycles. The lowest BCUT2D eigenvalue weighted by molar-refractivity contribution is 0.193. The number of nitrogen functional groups attached to an aromatic ring is 1. The van der Waals surface area contributed by atoms with Gasteiger partial charge in [-0.05, 0) is 30.5 Å². The van der Waals surface area contributed by atoms with E-state index in [1.54, 1.807) is 0 Å². The third-order valence-corrected chi connectivity index (χ3v) is 4.14. The molecule has 0 saturated carbocycles. The van der Waals surface area contributed by atoms with E-state index in [0.717, 1.165) is 43.5 Å². The Bertz CT molecular complexity index is 637. The van der Waals surface area contributed by atoms with Gasteiger partial charge in [-0.15, -0.1) is 0 Å². The zero-order valence-corrected chi connectivity index (χ0v) is 10.7. The van der Waals surface area contributed by atoms with E-state index in [-0.39, 0.29) is 0 Å². The third-order valence-electron chi connectivity index (χ3n) is 4.14. The highest BCUT2D eigenvalue weighted by atomic mass is 16.5. The summed E-state index contributed by atoms with van der Waals surface area (Å²) in [5.41, 5.74) is 9.54. The molecular weight excluding hydrogens is 240 g/mol. The predicted octanol–water partition coefficient (Wildman–Crippen LogP) is 1.36. The van der Waals surface area contributed by atoms with Crippen molar-refractivity contribution in [1.82, 2.24) is 9.97 Å². The van der Waals surface area contributed by atoms with E-state index in [4.69, 9.17) is 10.5 Å². The van der Waals surface area contributed by atoms with Gasteiger partial charge in [0.2, 0.25) is 0 Å². The van der Waals surface area contributed by atoms with E-state index in [1.807, 2.05) is 0 Å². The average molecular weight is 256 g/mol. The molecule has 0 aliphatic carbocycles. The van der Waals surface area contributed by atoms with Crippen LogP contribution in [0.2, 0.25) is 0 Å². The molecule has 2 aliphatic rings. The Labute approximate surface area is 111 Å². The molecule has 0 spiro atoms. The van der Waals surface area contributed by atoms with Crippen LogP contribution >= 0.6 is 0 Å². The van der Waals surface area contributed by atoms with Crippen LogP contribution in [0.1, 0.15) is 12.0 Å². The van der Waals surface area contributed by atoms with Gasteiger partial charge in [-0.25, -0.2) is 9.97 Å². The Balaban J connectivity index is 1.84. The molecular formula is C14H16N4O. The Morgan fingerprint density at radius 1 is 1.32 bits per heavy atom. The number of aromatic nitrogens is 2. The summed E-state index contributed by atoms with van der Waals surface area (Å²) >= 11 is 0. The van der Waals surface area contributed by atoms with Crippen molar-refractivity contribution in [3.05, 3.63) is 24.0 Å². The van der Waals surface area contributed by atoms with Crippen LogP contribution in [0, 0.1) is 0 Å². The van der Waals surface area contributed by atoms with Gasteiger partial charge in [-0.1, -0.05) is 0 Å². The van der Waals surface area contributed by atoms with Crippen LogP contribution in [0.3, 0.4) is 0 Å². The van der Waals surface area contributed by atoms with Crippen molar-refractivity contribution in [2.24, 2.45) is 0 Å². The van der Waals surface area contributed by atoms with E-state index in [2.05, 4.69) is 27.0 Å². The standard InChI is InChI=1S/C14H16N4O/c15-14-11-6-13-9(5-12(11)16-8-17-14)1-3-18(13)10-2-4-19-7-10/h5-6,8,10H,1-4,7H2,(H2,15,16,17). The van der Waals surface area contributed by atoms with Crippen LogP contribution in [0.25, 0.3) is 10.9 Å². The molecule has 0 bridgehead atoms. The summed E-state index contributed by atoms with van der Waals surface area (Å²) in [5.74, 6) is 0.558. The first-order valence-corrected chi connectivity index (χ1v) is 6.70. The molecule has 5 heteroatoms. The molecule has 1 atom stereocenters. The summed E-state index contributed by atoms with van der Waals surface area (Å²) in [6.07, 6.45) is 3.71. The number of nitrogens with two attached hydrogens (primary N) is 1. The summed E-state index contributed by atoms with van der Waals surface area (Å²) in [6.45, 7) is 2.76.